The van der Waals surface area contributed by atoms with Gasteiger partial charge in [0.05, 0.1) is 11.0 Å². The zero-order valence-corrected chi connectivity index (χ0v) is 15.4. The third kappa shape index (κ3) is 3.17. The van der Waals surface area contributed by atoms with Crippen molar-refractivity contribution in [2.45, 2.75) is 38.0 Å². The fourth-order valence-electron chi connectivity index (χ4n) is 3.72. The average Bonchev–Trinajstić information content (AvgIpc) is 3.15. The smallest absolute Gasteiger partial charge is 0.145 e. The van der Waals surface area contributed by atoms with Crippen molar-refractivity contribution in [2.75, 3.05) is 5.32 Å². The van der Waals surface area contributed by atoms with Gasteiger partial charge in [-0.15, -0.1) is 0 Å². The van der Waals surface area contributed by atoms with Crippen molar-refractivity contribution in [2.24, 2.45) is 5.92 Å². The molecule has 0 saturated heterocycles. The molecule has 0 spiro atoms. The van der Waals surface area contributed by atoms with Crippen molar-refractivity contribution >= 4 is 28.5 Å². The summed E-state index contributed by atoms with van der Waals surface area (Å²) in [5.41, 5.74) is 1.28. The number of fused-ring (bicyclic) bond motifs is 1. The Morgan fingerprint density at radius 1 is 1.31 bits per heavy atom. The number of aliphatic hydroxyl groups is 1. The van der Waals surface area contributed by atoms with Gasteiger partial charge in [0, 0.05) is 23.8 Å². The van der Waals surface area contributed by atoms with Gasteiger partial charge in [-0.2, -0.15) is 0 Å². The lowest BCUT2D eigenvalue weighted by Crippen LogP contribution is -2.26. The predicted octanol–water partition coefficient (Wildman–Crippen LogP) is 4.23. The lowest BCUT2D eigenvalue weighted by molar-refractivity contribution is 0.0356. The van der Waals surface area contributed by atoms with Crippen LogP contribution in [0.25, 0.3) is 11.0 Å². The minimum atomic E-state index is -0.732. The van der Waals surface area contributed by atoms with E-state index in [9.17, 15) is 5.11 Å². The molecule has 0 amide bonds. The van der Waals surface area contributed by atoms with Crippen LogP contribution >= 0.6 is 11.6 Å². The maximum absolute atomic E-state index is 10.5. The molecule has 2 N–H and O–H groups in total. The van der Waals surface area contributed by atoms with Crippen LogP contribution in [0.5, 0.6) is 0 Å². The van der Waals surface area contributed by atoms with E-state index in [2.05, 4.69) is 26.8 Å². The molecule has 0 aliphatic heterocycles. The van der Waals surface area contributed by atoms with Gasteiger partial charge in [0.1, 0.15) is 17.8 Å². The minimum absolute atomic E-state index is 0.0225. The first kappa shape index (κ1) is 17.3. The zero-order chi connectivity index (χ0) is 18.3. The molecule has 26 heavy (non-hydrogen) atoms. The van der Waals surface area contributed by atoms with Crippen LogP contribution in [0.3, 0.4) is 0 Å². The van der Waals surface area contributed by atoms with Crippen LogP contribution in [0, 0.1) is 12.8 Å². The summed E-state index contributed by atoms with van der Waals surface area (Å²) in [6.07, 6.45) is 5.14. The van der Waals surface area contributed by atoms with Gasteiger partial charge in [0.15, 0.2) is 0 Å². The van der Waals surface area contributed by atoms with E-state index in [-0.39, 0.29) is 12.0 Å². The highest BCUT2D eigenvalue weighted by Gasteiger charge is 2.40. The van der Waals surface area contributed by atoms with E-state index in [0.717, 1.165) is 33.9 Å². The second-order valence-corrected chi connectivity index (χ2v) is 7.75. The molecule has 135 valence electrons. The molecular formula is C20H22ClN4O. The Labute approximate surface area is 158 Å². The van der Waals surface area contributed by atoms with E-state index >= 15 is 0 Å². The van der Waals surface area contributed by atoms with Crippen molar-refractivity contribution < 1.29 is 5.11 Å². The minimum Gasteiger partial charge on any atom is -0.390 e. The van der Waals surface area contributed by atoms with Gasteiger partial charge >= 0.3 is 0 Å². The van der Waals surface area contributed by atoms with Crippen LogP contribution in [0.1, 0.15) is 31.4 Å². The second-order valence-electron chi connectivity index (χ2n) is 7.31. The first-order valence-electron chi connectivity index (χ1n) is 8.79. The molecule has 1 radical (unpaired) electrons. The Morgan fingerprint density at radius 2 is 2.08 bits per heavy atom. The normalized spacial score (nSPS) is 25.7. The molecule has 6 heteroatoms. The molecule has 1 aliphatic carbocycles. The molecule has 1 aromatic carbocycles. The largest absolute Gasteiger partial charge is 0.390 e. The van der Waals surface area contributed by atoms with E-state index in [1.165, 1.54) is 0 Å². The number of hydrogen-bond donors (Lipinski definition) is 2. The quantitative estimate of drug-likeness (QED) is 0.722. The highest BCUT2D eigenvalue weighted by Crippen LogP contribution is 2.43. The monoisotopic (exact) mass is 369 g/mol. The molecule has 3 aromatic rings. The molecular weight excluding hydrogens is 348 g/mol. The third-order valence-electron chi connectivity index (χ3n) is 5.36. The number of rotatable bonds is 4. The Kier molecular flexibility index (Phi) is 4.37. The summed E-state index contributed by atoms with van der Waals surface area (Å²) in [4.78, 5) is 8.88. The van der Waals surface area contributed by atoms with Crippen LogP contribution in [-0.2, 0) is 6.54 Å². The van der Waals surface area contributed by atoms with E-state index in [1.807, 2.05) is 43.5 Å². The maximum Gasteiger partial charge on any atom is 0.145 e. The first-order chi connectivity index (χ1) is 12.4. The zero-order valence-electron chi connectivity index (χ0n) is 14.7. The topological polar surface area (TPSA) is 63.0 Å². The van der Waals surface area contributed by atoms with Crippen molar-refractivity contribution in [3.05, 3.63) is 60.4 Å². The summed E-state index contributed by atoms with van der Waals surface area (Å²) < 4.78 is 2.14. The summed E-state index contributed by atoms with van der Waals surface area (Å²) in [7, 11) is 0. The molecule has 2 heterocycles. The van der Waals surface area contributed by atoms with E-state index in [4.69, 9.17) is 11.6 Å². The van der Waals surface area contributed by atoms with Crippen molar-refractivity contribution in [3.63, 3.8) is 0 Å². The van der Waals surface area contributed by atoms with Crippen LogP contribution in [-0.4, -0.2) is 25.2 Å². The SMILES string of the molecule is [CH2][C@H]1C[C@@H](n2ccc3c(NCc4ccc(Cl)cc4)ncnc32)C[C@]1(C)O. The molecule has 3 atom stereocenters. The maximum atomic E-state index is 10.5. The number of nitrogens with zero attached hydrogens (tertiary/aromatic N) is 3. The standard InChI is InChI=1S/C20H22ClN4O/c1-13-9-16(10-20(13,2)26)25-8-7-17-18(23-12-24-19(17)25)22-11-14-3-5-15(21)6-4-14/h3-8,12-13,16,26H,1,9-11H2,2H3,(H,22,23,24)/t13-,16+,20-/m0/s1. The van der Waals surface area contributed by atoms with Crippen LogP contribution < -0.4 is 5.32 Å². The van der Waals surface area contributed by atoms with E-state index < -0.39 is 5.60 Å². The van der Waals surface area contributed by atoms with Crippen molar-refractivity contribution in [1.29, 1.82) is 0 Å². The summed E-state index contributed by atoms with van der Waals surface area (Å²) in [5.74, 6) is 0.828. The predicted molar refractivity (Wildman–Crippen MR) is 104 cm³/mol. The number of hydrogen-bond acceptors (Lipinski definition) is 4. The number of aromatic nitrogens is 3. The average molecular weight is 370 g/mol. The Balaban J connectivity index is 1.58. The number of anilines is 1. The van der Waals surface area contributed by atoms with Crippen LogP contribution in [0.15, 0.2) is 42.9 Å². The molecule has 4 rings (SSSR count). The van der Waals surface area contributed by atoms with Crippen LogP contribution in [0.2, 0.25) is 5.02 Å². The van der Waals surface area contributed by atoms with Gasteiger partial charge in [0.25, 0.3) is 0 Å². The van der Waals surface area contributed by atoms with Crippen molar-refractivity contribution in [1.82, 2.24) is 14.5 Å². The Hall–Kier alpha value is -2.11. The first-order valence-corrected chi connectivity index (χ1v) is 9.17. The fourth-order valence-corrected chi connectivity index (χ4v) is 3.84. The summed E-state index contributed by atoms with van der Waals surface area (Å²) in [5, 5.41) is 15.5. The lowest BCUT2D eigenvalue weighted by atomic mass is 9.95. The van der Waals surface area contributed by atoms with Gasteiger partial charge in [-0.1, -0.05) is 23.7 Å². The number of halogens is 1. The van der Waals surface area contributed by atoms with E-state index in [1.54, 1.807) is 6.33 Å². The second kappa shape index (κ2) is 6.56. The molecule has 1 fully saturated rings. The number of benzene rings is 1. The van der Waals surface area contributed by atoms with E-state index in [0.29, 0.717) is 13.0 Å². The van der Waals surface area contributed by atoms with Gasteiger partial charge in [-0.3, -0.25) is 0 Å². The molecule has 2 aromatic heterocycles. The highest BCUT2D eigenvalue weighted by atomic mass is 35.5. The molecule has 0 bridgehead atoms. The van der Waals surface area contributed by atoms with Gasteiger partial charge in [-0.05, 0) is 56.4 Å². The summed E-state index contributed by atoms with van der Waals surface area (Å²) >= 11 is 5.94. The Morgan fingerprint density at radius 3 is 2.77 bits per heavy atom. The fraction of sp³-hybridized carbons (Fsp3) is 0.350. The molecule has 0 unspecified atom stereocenters. The molecule has 1 saturated carbocycles. The summed E-state index contributed by atoms with van der Waals surface area (Å²) in [6, 6.07) is 9.98. The summed E-state index contributed by atoms with van der Waals surface area (Å²) in [6.45, 7) is 6.63. The lowest BCUT2D eigenvalue weighted by Gasteiger charge is -2.21. The molecule has 1 aliphatic rings. The van der Waals surface area contributed by atoms with Crippen LogP contribution in [0.4, 0.5) is 5.82 Å². The Bertz CT molecular complexity index is 919. The van der Waals surface area contributed by atoms with Gasteiger partial charge < -0.3 is 15.0 Å². The number of nitrogens with one attached hydrogen (secondary N) is 1. The van der Waals surface area contributed by atoms with Crippen molar-refractivity contribution in [3.8, 4) is 0 Å². The molecule has 5 nitrogen and oxygen atoms in total. The highest BCUT2D eigenvalue weighted by molar-refractivity contribution is 6.30. The van der Waals surface area contributed by atoms with Gasteiger partial charge in [0.2, 0.25) is 0 Å². The third-order valence-corrected chi connectivity index (χ3v) is 5.61. The van der Waals surface area contributed by atoms with Gasteiger partial charge in [-0.25, -0.2) is 9.97 Å².